The number of aliphatic hydroxyl groups is 1. The second-order valence-corrected chi connectivity index (χ2v) is 3.21. The molecule has 2 unspecified atom stereocenters. The fourth-order valence-corrected chi connectivity index (χ4v) is 0.936. The van der Waals surface area contributed by atoms with Crippen LogP contribution in [0.2, 0.25) is 0 Å². The first-order chi connectivity index (χ1) is 5.74. The minimum absolute atomic E-state index is 0.236. The molecule has 0 heterocycles. The number of terminal acetylenes is 1. The van der Waals surface area contributed by atoms with E-state index in [1.807, 2.05) is 6.92 Å². The molecule has 2 atom stereocenters. The predicted octanol–water partition coefficient (Wildman–Crippen LogP) is 1.01. The second kappa shape index (κ2) is 7.15. The van der Waals surface area contributed by atoms with Gasteiger partial charge in [-0.2, -0.15) is 0 Å². The smallest absolute Gasteiger partial charge is 0.0468 e. The molecule has 0 bridgehead atoms. The highest BCUT2D eigenvalue weighted by Gasteiger charge is 2.05. The Morgan fingerprint density at radius 3 is 2.67 bits per heavy atom. The van der Waals surface area contributed by atoms with Crippen LogP contribution in [0.15, 0.2) is 0 Å². The zero-order valence-electron chi connectivity index (χ0n) is 8.01. The predicted molar refractivity (Wildman–Crippen MR) is 51.8 cm³/mol. The molecular weight excluding hydrogens is 150 g/mol. The van der Waals surface area contributed by atoms with Gasteiger partial charge in [0.05, 0.1) is 0 Å². The molecule has 0 fully saturated rings. The van der Waals surface area contributed by atoms with Gasteiger partial charge in [0.15, 0.2) is 0 Å². The third-order valence-electron chi connectivity index (χ3n) is 1.92. The molecule has 0 aromatic carbocycles. The van der Waals surface area contributed by atoms with Crippen LogP contribution in [0.25, 0.3) is 0 Å². The van der Waals surface area contributed by atoms with Gasteiger partial charge in [-0.05, 0) is 12.3 Å². The molecule has 0 aliphatic rings. The van der Waals surface area contributed by atoms with E-state index in [2.05, 4.69) is 18.2 Å². The van der Waals surface area contributed by atoms with Crippen molar-refractivity contribution in [3.63, 3.8) is 0 Å². The number of hydrogen-bond donors (Lipinski definition) is 2. The Morgan fingerprint density at radius 1 is 1.58 bits per heavy atom. The molecular formula is C10H19NO. The molecule has 0 saturated heterocycles. The number of aliphatic hydroxyl groups excluding tert-OH is 1. The van der Waals surface area contributed by atoms with Gasteiger partial charge < -0.3 is 10.4 Å². The summed E-state index contributed by atoms with van der Waals surface area (Å²) in [6, 6.07) is 0.406. The van der Waals surface area contributed by atoms with Crippen LogP contribution >= 0.6 is 0 Å². The van der Waals surface area contributed by atoms with E-state index in [0.717, 1.165) is 19.4 Å². The van der Waals surface area contributed by atoms with Crippen molar-refractivity contribution in [1.29, 1.82) is 0 Å². The minimum Gasteiger partial charge on any atom is -0.396 e. The van der Waals surface area contributed by atoms with E-state index in [1.54, 1.807) is 0 Å². The topological polar surface area (TPSA) is 32.3 Å². The fourth-order valence-electron chi connectivity index (χ4n) is 0.936. The van der Waals surface area contributed by atoms with Gasteiger partial charge in [0, 0.05) is 25.6 Å². The molecule has 0 aliphatic carbocycles. The minimum atomic E-state index is 0.236. The average Bonchev–Trinajstić information content (AvgIpc) is 2.11. The number of nitrogens with one attached hydrogen (secondary N) is 1. The van der Waals surface area contributed by atoms with E-state index in [4.69, 9.17) is 11.5 Å². The van der Waals surface area contributed by atoms with E-state index < -0.39 is 0 Å². The molecule has 0 radical (unpaired) electrons. The molecule has 12 heavy (non-hydrogen) atoms. The van der Waals surface area contributed by atoms with Crippen molar-refractivity contribution < 1.29 is 5.11 Å². The van der Waals surface area contributed by atoms with Crippen molar-refractivity contribution in [3.8, 4) is 12.3 Å². The van der Waals surface area contributed by atoms with Crippen LogP contribution in [-0.2, 0) is 0 Å². The van der Waals surface area contributed by atoms with Crippen molar-refractivity contribution in [2.24, 2.45) is 5.92 Å². The van der Waals surface area contributed by atoms with E-state index >= 15 is 0 Å². The highest BCUT2D eigenvalue weighted by molar-refractivity contribution is 4.89. The first-order valence-corrected chi connectivity index (χ1v) is 4.52. The number of hydrogen-bond acceptors (Lipinski definition) is 2. The summed E-state index contributed by atoms with van der Waals surface area (Å²) in [5.41, 5.74) is 0. The van der Waals surface area contributed by atoms with Gasteiger partial charge in [0.25, 0.3) is 0 Å². The van der Waals surface area contributed by atoms with Crippen LogP contribution in [0, 0.1) is 18.3 Å². The first kappa shape index (κ1) is 11.5. The van der Waals surface area contributed by atoms with Crippen LogP contribution in [0.5, 0.6) is 0 Å². The lowest BCUT2D eigenvalue weighted by atomic mass is 10.1. The summed E-state index contributed by atoms with van der Waals surface area (Å²) in [5, 5.41) is 12.1. The molecule has 70 valence electrons. The van der Waals surface area contributed by atoms with Gasteiger partial charge in [0.2, 0.25) is 0 Å². The van der Waals surface area contributed by atoms with Crippen LogP contribution < -0.4 is 5.32 Å². The lowest BCUT2D eigenvalue weighted by Gasteiger charge is -2.16. The van der Waals surface area contributed by atoms with E-state index in [-0.39, 0.29) is 6.61 Å². The highest BCUT2D eigenvalue weighted by atomic mass is 16.3. The van der Waals surface area contributed by atoms with Crippen LogP contribution in [-0.4, -0.2) is 24.3 Å². The Kier molecular flexibility index (Phi) is 6.84. The molecule has 0 spiro atoms. The molecule has 0 rings (SSSR count). The molecule has 0 aliphatic heterocycles. The largest absolute Gasteiger partial charge is 0.396 e. The van der Waals surface area contributed by atoms with Crippen LogP contribution in [0.4, 0.5) is 0 Å². The fraction of sp³-hybridized carbons (Fsp3) is 0.800. The summed E-state index contributed by atoms with van der Waals surface area (Å²) >= 11 is 0. The summed E-state index contributed by atoms with van der Waals surface area (Å²) in [7, 11) is 0. The van der Waals surface area contributed by atoms with Crippen LogP contribution in [0.3, 0.4) is 0 Å². The Balaban J connectivity index is 3.51. The summed E-state index contributed by atoms with van der Waals surface area (Å²) in [4.78, 5) is 0. The van der Waals surface area contributed by atoms with Crippen LogP contribution in [0.1, 0.15) is 26.7 Å². The molecule has 2 N–H and O–H groups in total. The quantitative estimate of drug-likeness (QED) is 0.582. The average molecular weight is 169 g/mol. The maximum atomic E-state index is 8.77. The van der Waals surface area contributed by atoms with Crippen molar-refractivity contribution >= 4 is 0 Å². The van der Waals surface area contributed by atoms with Gasteiger partial charge in [-0.1, -0.05) is 13.8 Å². The first-order valence-electron chi connectivity index (χ1n) is 4.52. The highest BCUT2D eigenvalue weighted by Crippen LogP contribution is 1.98. The van der Waals surface area contributed by atoms with E-state index in [9.17, 15) is 0 Å². The Labute approximate surface area is 75.4 Å². The van der Waals surface area contributed by atoms with Gasteiger partial charge in [-0.15, -0.1) is 12.3 Å². The normalized spacial score (nSPS) is 15.2. The van der Waals surface area contributed by atoms with Crippen molar-refractivity contribution in [2.75, 3.05) is 13.2 Å². The Bertz CT molecular complexity index is 139. The summed E-state index contributed by atoms with van der Waals surface area (Å²) < 4.78 is 0. The Morgan fingerprint density at radius 2 is 2.25 bits per heavy atom. The second-order valence-electron chi connectivity index (χ2n) is 3.21. The molecule has 2 nitrogen and oxygen atoms in total. The monoisotopic (exact) mass is 169 g/mol. The van der Waals surface area contributed by atoms with Gasteiger partial charge >= 0.3 is 0 Å². The Hall–Kier alpha value is -0.520. The zero-order valence-corrected chi connectivity index (χ0v) is 8.01. The molecule has 2 heteroatoms. The molecule has 0 aromatic heterocycles. The maximum Gasteiger partial charge on any atom is 0.0468 e. The number of rotatable bonds is 6. The van der Waals surface area contributed by atoms with E-state index in [0.29, 0.717) is 12.0 Å². The van der Waals surface area contributed by atoms with Gasteiger partial charge in [0.1, 0.15) is 0 Å². The molecule has 0 aromatic rings. The maximum absolute atomic E-state index is 8.77. The van der Waals surface area contributed by atoms with Crippen molar-refractivity contribution in [1.82, 2.24) is 5.32 Å². The standard InChI is InChI=1S/C10H19NO/c1-4-6-10(5-2)11-7-9(3)8-12/h1,9-12H,5-8H2,2-3H3. The van der Waals surface area contributed by atoms with Crippen molar-refractivity contribution in [2.45, 2.75) is 32.7 Å². The summed E-state index contributed by atoms with van der Waals surface area (Å²) in [5.74, 6) is 2.95. The van der Waals surface area contributed by atoms with Gasteiger partial charge in [-0.3, -0.25) is 0 Å². The summed E-state index contributed by atoms with van der Waals surface area (Å²) in [6.45, 7) is 5.20. The van der Waals surface area contributed by atoms with E-state index in [1.165, 1.54) is 0 Å². The van der Waals surface area contributed by atoms with Gasteiger partial charge in [-0.25, -0.2) is 0 Å². The third kappa shape index (κ3) is 5.17. The SMILES string of the molecule is C#CCC(CC)NCC(C)CO. The lowest BCUT2D eigenvalue weighted by Crippen LogP contribution is -2.32. The third-order valence-corrected chi connectivity index (χ3v) is 1.92. The molecule has 0 amide bonds. The van der Waals surface area contributed by atoms with Crippen molar-refractivity contribution in [3.05, 3.63) is 0 Å². The lowest BCUT2D eigenvalue weighted by molar-refractivity contribution is 0.229. The molecule has 0 saturated carbocycles. The zero-order chi connectivity index (χ0) is 9.40. The summed E-state index contributed by atoms with van der Waals surface area (Å²) in [6.07, 6.45) is 7.02.